The molecule has 5 heteroatoms. The van der Waals surface area contributed by atoms with Crippen LogP contribution in [0.3, 0.4) is 0 Å². The van der Waals surface area contributed by atoms with Crippen LogP contribution in [0.4, 0.5) is 0 Å². The Morgan fingerprint density at radius 1 is 1.38 bits per heavy atom. The molecule has 1 aliphatic heterocycles. The van der Waals surface area contributed by atoms with Gasteiger partial charge in [-0.1, -0.05) is 6.92 Å². The van der Waals surface area contributed by atoms with Crippen molar-refractivity contribution in [3.05, 3.63) is 0 Å². The molecule has 1 amide bonds. The number of hydrogen-bond donors (Lipinski definition) is 1. The first-order valence-electron chi connectivity index (χ1n) is 5.59. The molecule has 2 atom stereocenters. The third-order valence-corrected chi connectivity index (χ3v) is 2.91. The van der Waals surface area contributed by atoms with Crippen molar-refractivity contribution in [2.24, 2.45) is 5.92 Å². The van der Waals surface area contributed by atoms with E-state index < -0.39 is 12.6 Å². The van der Waals surface area contributed by atoms with Gasteiger partial charge in [0.25, 0.3) is 0 Å². The lowest BCUT2D eigenvalue weighted by atomic mass is 9.93. The van der Waals surface area contributed by atoms with E-state index in [1.54, 1.807) is 4.90 Å². The molecule has 5 nitrogen and oxygen atoms in total. The Balaban J connectivity index is 2.33. The van der Waals surface area contributed by atoms with Crippen molar-refractivity contribution in [3.8, 4) is 0 Å². The normalized spacial score (nSPS) is 25.5. The molecule has 1 saturated heterocycles. The minimum Gasteiger partial charge on any atom is -0.480 e. The van der Waals surface area contributed by atoms with E-state index in [0.717, 1.165) is 19.4 Å². The summed E-state index contributed by atoms with van der Waals surface area (Å²) in [5.41, 5.74) is 0. The van der Waals surface area contributed by atoms with Gasteiger partial charge in [0.1, 0.15) is 13.2 Å². The molecule has 0 saturated carbocycles. The fourth-order valence-electron chi connectivity index (χ4n) is 2.09. The summed E-state index contributed by atoms with van der Waals surface area (Å²) in [5, 5.41) is 8.37. The highest BCUT2D eigenvalue weighted by Gasteiger charge is 2.26. The molecule has 0 radical (unpaired) electrons. The third kappa shape index (κ3) is 3.81. The lowest BCUT2D eigenvalue weighted by Gasteiger charge is -2.36. The number of piperidine rings is 1. The van der Waals surface area contributed by atoms with Gasteiger partial charge >= 0.3 is 5.97 Å². The topological polar surface area (TPSA) is 66.8 Å². The lowest BCUT2D eigenvalue weighted by Crippen LogP contribution is -2.45. The van der Waals surface area contributed by atoms with Crippen LogP contribution in [0, 0.1) is 5.92 Å². The first-order valence-corrected chi connectivity index (χ1v) is 5.59. The SMILES string of the molecule is CC1CCN(C(=O)COCC(=O)O)C(C)C1. The van der Waals surface area contributed by atoms with Crippen molar-refractivity contribution in [1.82, 2.24) is 4.90 Å². The Labute approximate surface area is 95.4 Å². The predicted octanol–water partition coefficient (Wildman–Crippen LogP) is 0.735. The number of carbonyl (C=O) groups excluding carboxylic acids is 1. The zero-order valence-corrected chi connectivity index (χ0v) is 9.81. The van der Waals surface area contributed by atoms with Gasteiger partial charge in [-0.3, -0.25) is 4.79 Å². The molecule has 1 fully saturated rings. The van der Waals surface area contributed by atoms with Crippen molar-refractivity contribution in [1.29, 1.82) is 0 Å². The molecule has 2 unspecified atom stereocenters. The van der Waals surface area contributed by atoms with Crippen LogP contribution in [0.2, 0.25) is 0 Å². The third-order valence-electron chi connectivity index (χ3n) is 2.91. The van der Waals surface area contributed by atoms with Gasteiger partial charge in [-0.05, 0) is 25.7 Å². The number of carbonyl (C=O) groups is 2. The van der Waals surface area contributed by atoms with E-state index in [1.165, 1.54) is 0 Å². The zero-order valence-electron chi connectivity index (χ0n) is 9.81. The van der Waals surface area contributed by atoms with Crippen LogP contribution in [0.5, 0.6) is 0 Å². The number of nitrogens with zero attached hydrogens (tertiary/aromatic N) is 1. The number of hydrogen-bond acceptors (Lipinski definition) is 3. The van der Waals surface area contributed by atoms with Gasteiger partial charge in [0.2, 0.25) is 5.91 Å². The largest absolute Gasteiger partial charge is 0.480 e. The first kappa shape index (κ1) is 13.0. The Morgan fingerprint density at radius 2 is 2.06 bits per heavy atom. The summed E-state index contributed by atoms with van der Waals surface area (Å²) in [5.74, 6) is -0.507. The summed E-state index contributed by atoms with van der Waals surface area (Å²) in [7, 11) is 0. The Bertz CT molecular complexity index is 267. The Morgan fingerprint density at radius 3 is 2.62 bits per heavy atom. The van der Waals surface area contributed by atoms with Gasteiger partial charge < -0.3 is 14.7 Å². The molecule has 1 N–H and O–H groups in total. The fourth-order valence-corrected chi connectivity index (χ4v) is 2.09. The minimum absolute atomic E-state index is 0.111. The molecule has 0 aromatic carbocycles. The summed E-state index contributed by atoms with van der Waals surface area (Å²) in [6.07, 6.45) is 2.01. The van der Waals surface area contributed by atoms with E-state index in [1.807, 2.05) is 6.92 Å². The first-order chi connectivity index (χ1) is 7.50. The number of carboxylic acid groups (broad SMARTS) is 1. The molecule has 0 spiro atoms. The van der Waals surface area contributed by atoms with E-state index in [4.69, 9.17) is 9.84 Å². The molecule has 1 rings (SSSR count). The molecule has 0 aromatic rings. The van der Waals surface area contributed by atoms with Crippen molar-refractivity contribution >= 4 is 11.9 Å². The highest BCUT2D eigenvalue weighted by molar-refractivity contribution is 5.78. The standard InChI is InChI=1S/C11H19NO4/c1-8-3-4-12(9(2)5-8)10(13)6-16-7-11(14)15/h8-9H,3-7H2,1-2H3,(H,14,15). The van der Waals surface area contributed by atoms with Crippen LogP contribution in [0.25, 0.3) is 0 Å². The molecule has 1 aliphatic rings. The quantitative estimate of drug-likeness (QED) is 0.772. The zero-order chi connectivity index (χ0) is 12.1. The lowest BCUT2D eigenvalue weighted by molar-refractivity contribution is -0.147. The molecule has 0 aliphatic carbocycles. The second kappa shape index (κ2) is 5.84. The van der Waals surface area contributed by atoms with Crippen LogP contribution < -0.4 is 0 Å². The highest BCUT2D eigenvalue weighted by Crippen LogP contribution is 2.21. The van der Waals surface area contributed by atoms with Gasteiger partial charge in [-0.25, -0.2) is 4.79 Å². The minimum atomic E-state index is -1.05. The van der Waals surface area contributed by atoms with Crippen molar-refractivity contribution < 1.29 is 19.4 Å². The Kier molecular flexibility index (Phi) is 4.73. The van der Waals surface area contributed by atoms with Gasteiger partial charge in [-0.15, -0.1) is 0 Å². The molecule has 1 heterocycles. The van der Waals surface area contributed by atoms with Gasteiger partial charge in [-0.2, -0.15) is 0 Å². The number of carboxylic acids is 1. The van der Waals surface area contributed by atoms with Crippen LogP contribution in [-0.4, -0.2) is 47.7 Å². The summed E-state index contributed by atoms with van der Waals surface area (Å²) in [4.78, 5) is 23.7. The summed E-state index contributed by atoms with van der Waals surface area (Å²) < 4.78 is 4.79. The summed E-state index contributed by atoms with van der Waals surface area (Å²) in [6, 6.07) is 0.227. The van der Waals surface area contributed by atoms with E-state index in [9.17, 15) is 9.59 Å². The van der Waals surface area contributed by atoms with Gasteiger partial charge in [0, 0.05) is 12.6 Å². The van der Waals surface area contributed by atoms with E-state index in [2.05, 4.69) is 6.92 Å². The van der Waals surface area contributed by atoms with E-state index in [-0.39, 0.29) is 18.6 Å². The number of amides is 1. The van der Waals surface area contributed by atoms with Gasteiger partial charge in [0.05, 0.1) is 0 Å². The van der Waals surface area contributed by atoms with Crippen molar-refractivity contribution in [2.75, 3.05) is 19.8 Å². The smallest absolute Gasteiger partial charge is 0.329 e. The van der Waals surface area contributed by atoms with Crippen LogP contribution in [-0.2, 0) is 14.3 Å². The van der Waals surface area contributed by atoms with Gasteiger partial charge in [0.15, 0.2) is 0 Å². The van der Waals surface area contributed by atoms with Crippen LogP contribution in [0.15, 0.2) is 0 Å². The molecule has 16 heavy (non-hydrogen) atoms. The second-order valence-corrected chi connectivity index (χ2v) is 4.45. The average Bonchev–Trinajstić information content (AvgIpc) is 2.16. The molecular formula is C11H19NO4. The number of likely N-dealkylation sites (tertiary alicyclic amines) is 1. The van der Waals surface area contributed by atoms with E-state index >= 15 is 0 Å². The predicted molar refractivity (Wildman–Crippen MR) is 58.0 cm³/mol. The maximum Gasteiger partial charge on any atom is 0.329 e. The van der Waals surface area contributed by atoms with Crippen LogP contribution in [0.1, 0.15) is 26.7 Å². The molecule has 92 valence electrons. The van der Waals surface area contributed by atoms with Crippen LogP contribution >= 0.6 is 0 Å². The maximum atomic E-state index is 11.7. The fraction of sp³-hybridized carbons (Fsp3) is 0.818. The average molecular weight is 229 g/mol. The second-order valence-electron chi connectivity index (χ2n) is 4.45. The molecule has 0 aromatic heterocycles. The Hall–Kier alpha value is -1.10. The van der Waals surface area contributed by atoms with E-state index in [0.29, 0.717) is 5.92 Å². The monoisotopic (exact) mass is 229 g/mol. The molecular weight excluding hydrogens is 210 g/mol. The highest BCUT2D eigenvalue weighted by atomic mass is 16.5. The summed E-state index contributed by atoms with van der Waals surface area (Å²) >= 11 is 0. The number of ether oxygens (including phenoxy) is 1. The molecule has 0 bridgehead atoms. The maximum absolute atomic E-state index is 11.7. The van der Waals surface area contributed by atoms with Crippen molar-refractivity contribution in [2.45, 2.75) is 32.7 Å². The summed E-state index contributed by atoms with van der Waals surface area (Å²) in [6.45, 7) is 4.40. The number of rotatable bonds is 4. The van der Waals surface area contributed by atoms with Crippen molar-refractivity contribution in [3.63, 3.8) is 0 Å². The number of aliphatic carboxylic acids is 1.